The average molecular weight is 392 g/mol. The Morgan fingerprint density at radius 1 is 1.21 bits per heavy atom. The second kappa shape index (κ2) is 9.00. The number of carbonyl (C=O) groups is 1. The molecule has 0 saturated heterocycles. The fourth-order valence-corrected chi connectivity index (χ4v) is 3.95. The molecule has 0 amide bonds. The fourth-order valence-electron chi connectivity index (χ4n) is 3.95. The molecule has 1 saturated carbocycles. The van der Waals surface area contributed by atoms with E-state index in [1.54, 1.807) is 24.3 Å². The van der Waals surface area contributed by atoms with Gasteiger partial charge in [-0.3, -0.25) is 0 Å². The Labute approximate surface area is 172 Å². The van der Waals surface area contributed by atoms with Gasteiger partial charge in [0.15, 0.2) is 5.54 Å². The third kappa shape index (κ3) is 4.54. The molecule has 2 N–H and O–H groups in total. The van der Waals surface area contributed by atoms with E-state index in [9.17, 15) is 9.90 Å². The number of ether oxygens (including phenoxy) is 1. The summed E-state index contributed by atoms with van der Waals surface area (Å²) in [5.74, 6) is -0.198. The molecule has 1 atom stereocenters. The van der Waals surface area contributed by atoms with Gasteiger partial charge in [-0.05, 0) is 86.1 Å². The molecule has 5 nitrogen and oxygen atoms in total. The largest absolute Gasteiger partial charge is 0.490 e. The van der Waals surface area contributed by atoms with Crippen LogP contribution in [0.3, 0.4) is 0 Å². The SMILES string of the molecule is CCc1cc(OC2CCCC2)cc(C(CC)(Nc2ccc(C#N)cc2)C(=O)O)c1. The van der Waals surface area contributed by atoms with Crippen molar-refractivity contribution in [1.82, 2.24) is 0 Å². The molecule has 2 aromatic rings. The van der Waals surface area contributed by atoms with Gasteiger partial charge in [0, 0.05) is 5.69 Å². The minimum Gasteiger partial charge on any atom is -0.490 e. The first-order valence-electron chi connectivity index (χ1n) is 10.3. The van der Waals surface area contributed by atoms with Crippen molar-refractivity contribution >= 4 is 11.7 Å². The van der Waals surface area contributed by atoms with Crippen LogP contribution < -0.4 is 10.1 Å². The van der Waals surface area contributed by atoms with Gasteiger partial charge in [0.05, 0.1) is 17.7 Å². The summed E-state index contributed by atoms with van der Waals surface area (Å²) in [6.07, 6.45) is 5.82. The van der Waals surface area contributed by atoms with E-state index in [-0.39, 0.29) is 6.10 Å². The van der Waals surface area contributed by atoms with E-state index in [2.05, 4.69) is 18.3 Å². The molecule has 1 aliphatic carbocycles. The number of carboxylic acids is 1. The summed E-state index contributed by atoms with van der Waals surface area (Å²) in [6.45, 7) is 3.92. The lowest BCUT2D eigenvalue weighted by molar-refractivity contribution is -0.142. The highest BCUT2D eigenvalue weighted by atomic mass is 16.5. The second-order valence-electron chi connectivity index (χ2n) is 7.62. The topological polar surface area (TPSA) is 82.3 Å². The Hall–Kier alpha value is -3.00. The molecule has 0 aromatic heterocycles. The number of nitriles is 1. The van der Waals surface area contributed by atoms with Gasteiger partial charge in [0.1, 0.15) is 5.75 Å². The number of rotatable bonds is 8. The molecule has 0 aliphatic heterocycles. The summed E-state index contributed by atoms with van der Waals surface area (Å²) in [4.78, 5) is 12.5. The van der Waals surface area contributed by atoms with Crippen LogP contribution in [0.15, 0.2) is 42.5 Å². The number of nitrogens with zero attached hydrogens (tertiary/aromatic N) is 1. The molecule has 5 heteroatoms. The Kier molecular flexibility index (Phi) is 6.43. The van der Waals surface area contributed by atoms with Gasteiger partial charge >= 0.3 is 5.97 Å². The molecular weight excluding hydrogens is 364 g/mol. The third-order valence-electron chi connectivity index (χ3n) is 5.74. The maximum absolute atomic E-state index is 12.5. The van der Waals surface area contributed by atoms with Gasteiger partial charge in [0.25, 0.3) is 0 Å². The lowest BCUT2D eigenvalue weighted by Crippen LogP contribution is -2.43. The molecule has 1 unspecified atom stereocenters. The van der Waals surface area contributed by atoms with E-state index >= 15 is 0 Å². The van der Waals surface area contributed by atoms with Crippen LogP contribution in [0.4, 0.5) is 5.69 Å². The van der Waals surface area contributed by atoms with Crippen molar-refractivity contribution in [2.75, 3.05) is 5.32 Å². The third-order valence-corrected chi connectivity index (χ3v) is 5.74. The lowest BCUT2D eigenvalue weighted by atomic mass is 9.85. The van der Waals surface area contributed by atoms with E-state index < -0.39 is 11.5 Å². The number of aryl methyl sites for hydroxylation is 1. The molecule has 0 radical (unpaired) electrons. The zero-order chi connectivity index (χ0) is 20.9. The minimum atomic E-state index is -1.28. The summed E-state index contributed by atoms with van der Waals surface area (Å²) < 4.78 is 6.20. The fraction of sp³-hybridized carbons (Fsp3) is 0.417. The first kappa shape index (κ1) is 20.7. The van der Waals surface area contributed by atoms with Crippen molar-refractivity contribution in [2.45, 2.75) is 64.0 Å². The maximum Gasteiger partial charge on any atom is 0.334 e. The van der Waals surface area contributed by atoms with Crippen LogP contribution in [0.25, 0.3) is 0 Å². The number of aliphatic carboxylic acids is 1. The highest BCUT2D eigenvalue weighted by Gasteiger charge is 2.39. The van der Waals surface area contributed by atoms with E-state index in [0.717, 1.165) is 30.6 Å². The van der Waals surface area contributed by atoms with Crippen LogP contribution in [0.5, 0.6) is 5.75 Å². The number of anilines is 1. The van der Waals surface area contributed by atoms with Gasteiger partial charge in [0.2, 0.25) is 0 Å². The summed E-state index contributed by atoms with van der Waals surface area (Å²) in [5.41, 5.74) is 1.65. The Morgan fingerprint density at radius 2 is 1.90 bits per heavy atom. The standard InChI is InChI=1S/C24H28N2O3/c1-3-17-13-19(15-22(14-17)29-21-7-5-6-8-21)24(4-2,23(27)28)26-20-11-9-18(16-25)10-12-20/h9-15,21,26H,3-8H2,1-2H3,(H,27,28). The predicted molar refractivity (Wildman–Crippen MR) is 113 cm³/mol. The van der Waals surface area contributed by atoms with Crippen LogP contribution in [-0.2, 0) is 16.8 Å². The number of hydrogen-bond acceptors (Lipinski definition) is 4. The van der Waals surface area contributed by atoms with Crippen molar-refractivity contribution in [2.24, 2.45) is 0 Å². The van der Waals surface area contributed by atoms with Crippen LogP contribution in [0.2, 0.25) is 0 Å². The van der Waals surface area contributed by atoms with E-state index in [1.807, 2.05) is 25.1 Å². The predicted octanol–water partition coefficient (Wildman–Crippen LogP) is 5.24. The second-order valence-corrected chi connectivity index (χ2v) is 7.62. The summed E-state index contributed by atoms with van der Waals surface area (Å²) in [6, 6.07) is 14.8. The van der Waals surface area contributed by atoms with E-state index in [1.165, 1.54) is 12.8 Å². The molecular formula is C24H28N2O3. The number of hydrogen-bond donors (Lipinski definition) is 2. The van der Waals surface area contributed by atoms with E-state index in [4.69, 9.17) is 10.00 Å². The van der Waals surface area contributed by atoms with Gasteiger partial charge in [-0.15, -0.1) is 0 Å². The summed E-state index contributed by atoms with van der Waals surface area (Å²) >= 11 is 0. The molecule has 3 rings (SSSR count). The van der Waals surface area contributed by atoms with Gasteiger partial charge < -0.3 is 15.2 Å². The van der Waals surface area contributed by atoms with Crippen molar-refractivity contribution in [3.05, 3.63) is 59.2 Å². The normalized spacial score (nSPS) is 16.0. The van der Waals surface area contributed by atoms with Crippen molar-refractivity contribution in [3.8, 4) is 11.8 Å². The Morgan fingerprint density at radius 3 is 2.45 bits per heavy atom. The smallest absolute Gasteiger partial charge is 0.334 e. The zero-order valence-electron chi connectivity index (χ0n) is 17.1. The first-order valence-corrected chi connectivity index (χ1v) is 10.3. The van der Waals surface area contributed by atoms with Gasteiger partial charge in [-0.25, -0.2) is 4.79 Å². The minimum absolute atomic E-state index is 0.210. The molecule has 2 aromatic carbocycles. The van der Waals surface area contributed by atoms with Crippen LogP contribution in [0, 0.1) is 11.3 Å². The highest BCUT2D eigenvalue weighted by molar-refractivity contribution is 5.85. The lowest BCUT2D eigenvalue weighted by Gasteiger charge is -2.32. The summed E-state index contributed by atoms with van der Waals surface area (Å²) in [7, 11) is 0. The molecule has 1 fully saturated rings. The van der Waals surface area contributed by atoms with Crippen molar-refractivity contribution < 1.29 is 14.6 Å². The number of carboxylic acid groups (broad SMARTS) is 1. The van der Waals surface area contributed by atoms with Crippen LogP contribution in [0.1, 0.15) is 62.6 Å². The van der Waals surface area contributed by atoms with E-state index in [0.29, 0.717) is 23.2 Å². The van der Waals surface area contributed by atoms with Gasteiger partial charge in [-0.2, -0.15) is 5.26 Å². The van der Waals surface area contributed by atoms with Crippen LogP contribution in [-0.4, -0.2) is 17.2 Å². The Bertz CT molecular complexity index is 895. The average Bonchev–Trinajstić information content (AvgIpc) is 3.25. The monoisotopic (exact) mass is 392 g/mol. The number of benzene rings is 2. The molecule has 29 heavy (non-hydrogen) atoms. The van der Waals surface area contributed by atoms with Crippen molar-refractivity contribution in [1.29, 1.82) is 5.26 Å². The van der Waals surface area contributed by atoms with Gasteiger partial charge in [-0.1, -0.05) is 19.9 Å². The quantitative estimate of drug-likeness (QED) is 0.642. The molecule has 0 heterocycles. The molecule has 0 spiro atoms. The molecule has 1 aliphatic rings. The molecule has 152 valence electrons. The molecule has 0 bridgehead atoms. The van der Waals surface area contributed by atoms with Crippen LogP contribution >= 0.6 is 0 Å². The van der Waals surface area contributed by atoms with Crippen molar-refractivity contribution in [3.63, 3.8) is 0 Å². The highest BCUT2D eigenvalue weighted by Crippen LogP contribution is 2.35. The maximum atomic E-state index is 12.5. The first-order chi connectivity index (χ1) is 14.0. The Balaban J connectivity index is 2.00. The number of nitrogens with one attached hydrogen (secondary N) is 1. The summed E-state index contributed by atoms with van der Waals surface area (Å²) in [5, 5.41) is 22.4. The zero-order valence-corrected chi connectivity index (χ0v) is 17.1.